The third-order valence-corrected chi connectivity index (χ3v) is 5.15. The lowest BCUT2D eigenvalue weighted by atomic mass is 10.1. The lowest BCUT2D eigenvalue weighted by molar-refractivity contribution is 0.0954. The Kier molecular flexibility index (Phi) is 7.63. The topological polar surface area (TPSA) is 101 Å². The first-order chi connectivity index (χ1) is 16.7. The van der Waals surface area contributed by atoms with E-state index in [4.69, 9.17) is 0 Å². The summed E-state index contributed by atoms with van der Waals surface area (Å²) < 4.78 is 1.73. The maximum atomic E-state index is 12.3. The van der Waals surface area contributed by atoms with E-state index in [1.165, 1.54) is 5.56 Å². The zero-order chi connectivity index (χ0) is 23.6. The van der Waals surface area contributed by atoms with E-state index in [2.05, 4.69) is 26.3 Å². The molecule has 0 saturated heterocycles. The molecule has 8 heteroatoms. The number of nitrogens with one attached hydrogen (secondary N) is 3. The SMILES string of the molecule is O=C(NCc1cn(Cc2ccccc2)nn1)Nc1ccc(C(=O)NCCc2ccccc2)cc1. The van der Waals surface area contributed by atoms with Gasteiger partial charge in [0, 0.05) is 17.8 Å². The molecular formula is C26H26N6O2. The number of urea groups is 1. The summed E-state index contributed by atoms with van der Waals surface area (Å²) in [5, 5.41) is 16.6. The highest BCUT2D eigenvalue weighted by molar-refractivity contribution is 5.95. The molecule has 3 N–H and O–H groups in total. The highest BCUT2D eigenvalue weighted by Crippen LogP contribution is 2.10. The first-order valence-electron chi connectivity index (χ1n) is 11.1. The summed E-state index contributed by atoms with van der Waals surface area (Å²) >= 11 is 0. The van der Waals surface area contributed by atoms with E-state index in [0.29, 0.717) is 30.0 Å². The van der Waals surface area contributed by atoms with Crippen molar-refractivity contribution in [3.63, 3.8) is 0 Å². The van der Waals surface area contributed by atoms with E-state index in [1.807, 2.05) is 60.7 Å². The van der Waals surface area contributed by atoms with Gasteiger partial charge in [-0.25, -0.2) is 9.48 Å². The van der Waals surface area contributed by atoms with Crippen LogP contribution < -0.4 is 16.0 Å². The number of nitrogens with zero attached hydrogens (tertiary/aromatic N) is 3. The number of rotatable bonds is 9. The molecule has 8 nitrogen and oxygen atoms in total. The number of carbonyl (C=O) groups is 2. The van der Waals surface area contributed by atoms with Gasteiger partial charge in [-0.05, 0) is 41.8 Å². The molecule has 34 heavy (non-hydrogen) atoms. The number of hydrogen-bond donors (Lipinski definition) is 3. The molecule has 0 radical (unpaired) electrons. The summed E-state index contributed by atoms with van der Waals surface area (Å²) in [6, 6.07) is 26.3. The zero-order valence-electron chi connectivity index (χ0n) is 18.6. The van der Waals surface area contributed by atoms with E-state index >= 15 is 0 Å². The van der Waals surface area contributed by atoms with Gasteiger partial charge in [0.25, 0.3) is 5.91 Å². The average molecular weight is 455 g/mol. The average Bonchev–Trinajstić information content (AvgIpc) is 3.31. The van der Waals surface area contributed by atoms with Crippen molar-refractivity contribution >= 4 is 17.6 Å². The van der Waals surface area contributed by atoms with Gasteiger partial charge in [-0.2, -0.15) is 0 Å². The van der Waals surface area contributed by atoms with Crippen molar-refractivity contribution in [2.45, 2.75) is 19.5 Å². The smallest absolute Gasteiger partial charge is 0.319 e. The third-order valence-electron chi connectivity index (χ3n) is 5.15. The highest BCUT2D eigenvalue weighted by atomic mass is 16.2. The molecule has 0 bridgehead atoms. The predicted molar refractivity (Wildman–Crippen MR) is 130 cm³/mol. The standard InChI is InChI=1S/C26H26N6O2/c33-25(27-16-15-20-7-3-1-4-8-20)22-11-13-23(14-12-22)29-26(34)28-17-24-19-32(31-30-24)18-21-9-5-2-6-10-21/h1-14,19H,15-18H2,(H,27,33)(H2,28,29,34). The zero-order valence-corrected chi connectivity index (χ0v) is 18.6. The molecule has 0 aliphatic heterocycles. The lowest BCUT2D eigenvalue weighted by Gasteiger charge is -2.08. The minimum Gasteiger partial charge on any atom is -0.352 e. The number of anilines is 1. The molecule has 172 valence electrons. The van der Waals surface area contributed by atoms with Gasteiger partial charge in [-0.1, -0.05) is 65.9 Å². The number of hydrogen-bond acceptors (Lipinski definition) is 4. The Morgan fingerprint density at radius 3 is 2.18 bits per heavy atom. The molecule has 4 rings (SSSR count). The van der Waals surface area contributed by atoms with Gasteiger partial charge in [0.2, 0.25) is 0 Å². The second-order valence-electron chi connectivity index (χ2n) is 7.77. The first-order valence-corrected chi connectivity index (χ1v) is 11.1. The van der Waals surface area contributed by atoms with E-state index < -0.39 is 0 Å². The van der Waals surface area contributed by atoms with E-state index in [1.54, 1.807) is 35.1 Å². The van der Waals surface area contributed by atoms with E-state index in [0.717, 1.165) is 12.0 Å². The van der Waals surface area contributed by atoms with E-state index in [9.17, 15) is 9.59 Å². The van der Waals surface area contributed by atoms with Gasteiger partial charge >= 0.3 is 6.03 Å². The second-order valence-corrected chi connectivity index (χ2v) is 7.77. The molecule has 1 aromatic heterocycles. The molecule has 0 unspecified atom stereocenters. The number of carbonyl (C=O) groups excluding carboxylic acids is 2. The molecule has 4 aromatic rings. The van der Waals surface area contributed by atoms with Gasteiger partial charge in [0.15, 0.2) is 0 Å². The largest absolute Gasteiger partial charge is 0.352 e. The second kappa shape index (κ2) is 11.4. The molecule has 3 aromatic carbocycles. The fraction of sp³-hybridized carbons (Fsp3) is 0.154. The summed E-state index contributed by atoms with van der Waals surface area (Å²) in [6.45, 7) is 1.43. The van der Waals surface area contributed by atoms with Gasteiger partial charge < -0.3 is 16.0 Å². The minimum atomic E-state index is -0.363. The van der Waals surface area contributed by atoms with Crippen LogP contribution in [-0.2, 0) is 19.5 Å². The van der Waals surface area contributed by atoms with Crippen molar-refractivity contribution in [2.24, 2.45) is 0 Å². The monoisotopic (exact) mass is 454 g/mol. The summed E-state index contributed by atoms with van der Waals surface area (Å²) in [7, 11) is 0. The van der Waals surface area contributed by atoms with Crippen LogP contribution in [0.5, 0.6) is 0 Å². The molecule has 3 amide bonds. The number of aromatic nitrogens is 3. The quantitative estimate of drug-likeness (QED) is 0.360. The first kappa shape index (κ1) is 22.7. The fourth-order valence-electron chi connectivity index (χ4n) is 3.39. The van der Waals surface area contributed by atoms with Crippen molar-refractivity contribution in [3.8, 4) is 0 Å². The molecule has 0 atom stereocenters. The van der Waals surface area contributed by atoms with Crippen LogP contribution >= 0.6 is 0 Å². The Labute approximate surface area is 198 Å². The van der Waals surface area contributed by atoms with Crippen LogP contribution in [0.4, 0.5) is 10.5 Å². The van der Waals surface area contributed by atoms with Crippen LogP contribution in [0.15, 0.2) is 91.1 Å². The predicted octanol–water partition coefficient (Wildman–Crippen LogP) is 3.62. The molecular weight excluding hydrogens is 428 g/mol. The molecule has 0 aliphatic rings. The molecule has 0 aliphatic carbocycles. The normalized spacial score (nSPS) is 10.5. The number of benzene rings is 3. The fourth-order valence-corrected chi connectivity index (χ4v) is 3.39. The van der Waals surface area contributed by atoms with Crippen molar-refractivity contribution in [1.82, 2.24) is 25.6 Å². The molecule has 0 saturated carbocycles. The Morgan fingerprint density at radius 2 is 1.47 bits per heavy atom. The van der Waals surface area contributed by atoms with Crippen LogP contribution in [0.25, 0.3) is 0 Å². The van der Waals surface area contributed by atoms with Crippen molar-refractivity contribution in [3.05, 3.63) is 114 Å². The van der Waals surface area contributed by atoms with Crippen LogP contribution in [0, 0.1) is 0 Å². The Morgan fingerprint density at radius 1 is 0.794 bits per heavy atom. The van der Waals surface area contributed by atoms with Crippen molar-refractivity contribution in [2.75, 3.05) is 11.9 Å². The van der Waals surface area contributed by atoms with Crippen molar-refractivity contribution in [1.29, 1.82) is 0 Å². The minimum absolute atomic E-state index is 0.148. The summed E-state index contributed by atoms with van der Waals surface area (Å²) in [4.78, 5) is 24.5. The molecule has 0 spiro atoms. The van der Waals surface area contributed by atoms with Gasteiger partial charge in [0.1, 0.15) is 5.69 Å². The van der Waals surface area contributed by atoms with E-state index in [-0.39, 0.29) is 18.5 Å². The van der Waals surface area contributed by atoms with Crippen LogP contribution in [0.3, 0.4) is 0 Å². The summed E-state index contributed by atoms with van der Waals surface area (Å²) in [5.74, 6) is -0.148. The Hall–Kier alpha value is -4.46. The Balaban J connectivity index is 1.19. The van der Waals surface area contributed by atoms with Gasteiger partial charge in [-0.3, -0.25) is 4.79 Å². The maximum absolute atomic E-state index is 12.3. The molecule has 1 heterocycles. The van der Waals surface area contributed by atoms with Crippen LogP contribution in [0.1, 0.15) is 27.2 Å². The van der Waals surface area contributed by atoms with Crippen LogP contribution in [-0.4, -0.2) is 33.5 Å². The Bertz CT molecular complexity index is 1210. The van der Waals surface area contributed by atoms with Crippen LogP contribution in [0.2, 0.25) is 0 Å². The van der Waals surface area contributed by atoms with Gasteiger partial charge in [-0.15, -0.1) is 5.10 Å². The summed E-state index contributed by atoms with van der Waals surface area (Å²) in [6.07, 6.45) is 2.57. The highest BCUT2D eigenvalue weighted by Gasteiger charge is 2.08. The van der Waals surface area contributed by atoms with Gasteiger partial charge in [0.05, 0.1) is 19.3 Å². The van der Waals surface area contributed by atoms with Crippen molar-refractivity contribution < 1.29 is 9.59 Å². The maximum Gasteiger partial charge on any atom is 0.319 e. The summed E-state index contributed by atoms with van der Waals surface area (Å²) in [5.41, 5.74) is 4.08. The molecule has 0 fully saturated rings. The number of amides is 3. The third kappa shape index (κ3) is 6.77. The lowest BCUT2D eigenvalue weighted by Crippen LogP contribution is -2.28.